The first-order valence-electron chi connectivity index (χ1n) is 21.9. The lowest BCUT2D eigenvalue weighted by Crippen LogP contribution is -1.92. The smallest absolute Gasteiger partial charge is 0.136 e. The topological polar surface area (TPSA) is 13.1 Å². The first kappa shape index (κ1) is 18.2. The van der Waals surface area contributed by atoms with Crippen molar-refractivity contribution in [1.82, 2.24) is 0 Å². The molecule has 9 aromatic carbocycles. The Hall–Kier alpha value is -6.44. The summed E-state index contributed by atoms with van der Waals surface area (Å²) < 4.78 is 116. The number of hydrogen-bond acceptors (Lipinski definition) is 1. The van der Waals surface area contributed by atoms with Crippen LogP contribution in [0.5, 0.6) is 0 Å². The SMILES string of the molecule is [2H]c1c(-c2ccccc2)c([2H])c(-c2c3ccccc3c(-c3c([2H])c([2H])c4c(oc5c([2H])c6c([2H])c([2H])c([2H])c([2H])c6c([2H])c54)c3[2H])c3ccccc23)c([2H])c1-c1ccccc1. The number of rotatable bonds is 4. The van der Waals surface area contributed by atoms with Gasteiger partial charge in [0, 0.05) is 10.8 Å². The molecule has 0 spiro atoms. The predicted octanol–water partition coefficient (Wildman–Crippen LogP) is 13.7. The molecule has 0 fully saturated rings. The zero-order chi connectivity index (χ0) is 42.8. The second kappa shape index (κ2) is 11.1. The highest BCUT2D eigenvalue weighted by Crippen LogP contribution is 2.46. The molecule has 0 aliphatic heterocycles. The fraction of sp³-hybridized carbons (Fsp3) is 0. The summed E-state index contributed by atoms with van der Waals surface area (Å²) in [6.45, 7) is 0. The summed E-state index contributed by atoms with van der Waals surface area (Å²) in [6, 6.07) is 29.2. The maximum absolute atomic E-state index is 9.80. The second-order valence-electron chi connectivity index (χ2n) is 11.8. The normalized spacial score (nSPS) is 15.1. The third kappa shape index (κ3) is 4.55. The van der Waals surface area contributed by atoms with Crippen molar-refractivity contribution in [3.05, 3.63) is 182 Å². The molecule has 0 aliphatic rings. The molecule has 1 aromatic heterocycles. The average Bonchev–Trinajstić information content (AvgIpc) is 3.69. The zero-order valence-corrected chi connectivity index (χ0v) is 25.8. The van der Waals surface area contributed by atoms with Gasteiger partial charge in [-0.25, -0.2) is 0 Å². The van der Waals surface area contributed by atoms with E-state index in [4.69, 9.17) is 12.6 Å². The van der Waals surface area contributed by atoms with Gasteiger partial charge >= 0.3 is 0 Å². The molecule has 0 aliphatic carbocycles. The first-order valence-corrected chi connectivity index (χ1v) is 15.9. The van der Waals surface area contributed by atoms with Gasteiger partial charge in [-0.1, -0.05) is 139 Å². The van der Waals surface area contributed by atoms with Crippen LogP contribution < -0.4 is 0 Å². The highest BCUT2D eigenvalue weighted by Gasteiger charge is 2.19. The molecule has 1 heteroatoms. The minimum absolute atomic E-state index is 0.00466. The fourth-order valence-electron chi connectivity index (χ4n) is 6.74. The maximum Gasteiger partial charge on any atom is 0.136 e. The molecule has 49 heavy (non-hydrogen) atoms. The number of hydrogen-bond donors (Lipinski definition) is 0. The van der Waals surface area contributed by atoms with E-state index >= 15 is 0 Å². The van der Waals surface area contributed by atoms with Crippen molar-refractivity contribution in [3.8, 4) is 44.5 Å². The van der Waals surface area contributed by atoms with Crippen LogP contribution in [0.15, 0.2) is 186 Å². The second-order valence-corrected chi connectivity index (χ2v) is 11.8. The third-order valence-corrected chi connectivity index (χ3v) is 8.94. The van der Waals surface area contributed by atoms with Gasteiger partial charge in [-0.3, -0.25) is 0 Å². The van der Waals surface area contributed by atoms with Crippen LogP contribution in [0.25, 0.3) is 98.8 Å². The van der Waals surface area contributed by atoms with Gasteiger partial charge in [0.25, 0.3) is 0 Å². The van der Waals surface area contributed by atoms with Gasteiger partial charge in [0.2, 0.25) is 0 Å². The lowest BCUT2D eigenvalue weighted by atomic mass is 9.84. The monoisotopic (exact) mass is 634 g/mol. The van der Waals surface area contributed by atoms with E-state index in [0.29, 0.717) is 60.5 Å². The highest BCUT2D eigenvalue weighted by atomic mass is 16.3. The largest absolute Gasteiger partial charge is 0.456 e. The molecule has 0 amide bonds. The Morgan fingerprint density at radius 1 is 0.327 bits per heavy atom. The Kier molecular flexibility index (Phi) is 4.11. The summed E-state index contributed by atoms with van der Waals surface area (Å²) in [5.41, 5.74) is 2.93. The molecule has 0 bridgehead atoms. The van der Waals surface area contributed by atoms with Crippen molar-refractivity contribution >= 4 is 54.3 Å². The first-order chi connectivity index (χ1) is 29.3. The summed E-state index contributed by atoms with van der Waals surface area (Å²) in [5.74, 6) is 0. The lowest BCUT2D eigenvalue weighted by molar-refractivity contribution is 0.669. The van der Waals surface area contributed by atoms with Crippen LogP contribution in [0.2, 0.25) is 0 Å². The molecule has 10 rings (SSSR count). The van der Waals surface area contributed by atoms with Crippen LogP contribution in [-0.4, -0.2) is 0 Å². The Labute approximate surface area is 301 Å². The van der Waals surface area contributed by atoms with Gasteiger partial charge in [0.15, 0.2) is 0 Å². The Morgan fingerprint density at radius 2 is 0.796 bits per heavy atom. The maximum atomic E-state index is 9.80. The van der Waals surface area contributed by atoms with Crippen LogP contribution >= 0.6 is 0 Å². The van der Waals surface area contributed by atoms with Crippen molar-refractivity contribution in [3.63, 3.8) is 0 Å². The van der Waals surface area contributed by atoms with E-state index in [1.54, 1.807) is 0 Å². The van der Waals surface area contributed by atoms with Crippen molar-refractivity contribution in [1.29, 1.82) is 0 Å². The van der Waals surface area contributed by atoms with E-state index < -0.39 is 42.3 Å². The minimum Gasteiger partial charge on any atom is -0.456 e. The van der Waals surface area contributed by atoms with E-state index in [1.807, 2.05) is 109 Å². The van der Waals surface area contributed by atoms with Gasteiger partial charge in [-0.15, -0.1) is 0 Å². The predicted molar refractivity (Wildman–Crippen MR) is 208 cm³/mol. The van der Waals surface area contributed by atoms with Gasteiger partial charge in [0.05, 0.1) is 16.4 Å². The van der Waals surface area contributed by atoms with E-state index in [2.05, 4.69) is 0 Å². The molecule has 10 aromatic rings. The fourth-order valence-corrected chi connectivity index (χ4v) is 6.74. The lowest BCUT2D eigenvalue weighted by Gasteiger charge is -2.19. The molecule has 1 heterocycles. The quantitative estimate of drug-likeness (QED) is 0.176. The van der Waals surface area contributed by atoms with Crippen LogP contribution in [0, 0.1) is 0 Å². The van der Waals surface area contributed by atoms with Gasteiger partial charge in [-0.05, 0) is 119 Å². The minimum atomic E-state index is -0.575. The molecule has 0 saturated heterocycles. The average molecular weight is 635 g/mol. The Bertz CT molecular complexity index is 3420. The summed E-state index contributed by atoms with van der Waals surface area (Å²) >= 11 is 0. The summed E-state index contributed by atoms with van der Waals surface area (Å²) in [5, 5.41) is 1.71. The van der Waals surface area contributed by atoms with Gasteiger partial charge in [-0.2, -0.15) is 0 Å². The molecule has 0 unspecified atom stereocenters. The third-order valence-electron chi connectivity index (χ3n) is 8.94. The Morgan fingerprint density at radius 3 is 1.37 bits per heavy atom. The van der Waals surface area contributed by atoms with Crippen molar-refractivity contribution in [2.24, 2.45) is 0 Å². The van der Waals surface area contributed by atoms with Gasteiger partial charge < -0.3 is 4.42 Å². The molecule has 228 valence electrons. The van der Waals surface area contributed by atoms with Crippen LogP contribution in [0.3, 0.4) is 0 Å². The molecule has 0 saturated carbocycles. The summed E-state index contributed by atoms with van der Waals surface area (Å²) in [7, 11) is 0. The summed E-state index contributed by atoms with van der Waals surface area (Å²) in [4.78, 5) is 0. The van der Waals surface area contributed by atoms with Gasteiger partial charge in [0.1, 0.15) is 11.2 Å². The standard InChI is InChI=1S/C48H30O/c1-3-13-31(14-4-1)36-25-37(32-15-5-2-6-16-32)27-38(26-36)48-42-21-11-9-19-40(42)47(41-20-10-12-22-43(41)48)35-23-24-39-44-28-33-17-7-8-18-34(33)29-46(44)49-45(39)30-35/h1-30H/i7D,8D,17D,18D,23D,24D,25D,26D,27D,28D,29D,30D. The summed E-state index contributed by atoms with van der Waals surface area (Å²) in [6.07, 6.45) is 0. The molecular formula is C48H30O. The molecule has 0 atom stereocenters. The molecule has 0 N–H and O–H groups in total. The van der Waals surface area contributed by atoms with Crippen molar-refractivity contribution in [2.45, 2.75) is 0 Å². The molecular weight excluding hydrogens is 593 g/mol. The van der Waals surface area contributed by atoms with Crippen molar-refractivity contribution in [2.75, 3.05) is 0 Å². The molecule has 1 nitrogen and oxygen atoms in total. The van der Waals surface area contributed by atoms with Crippen LogP contribution in [0.1, 0.15) is 16.4 Å². The van der Waals surface area contributed by atoms with Crippen molar-refractivity contribution < 1.29 is 20.9 Å². The zero-order valence-electron chi connectivity index (χ0n) is 37.8. The van der Waals surface area contributed by atoms with E-state index in [1.165, 1.54) is 0 Å². The number of fused-ring (bicyclic) bond motifs is 6. The highest BCUT2D eigenvalue weighted by molar-refractivity contribution is 6.22. The Balaban J connectivity index is 1.35. The molecule has 0 radical (unpaired) electrons. The number of benzene rings is 9. The number of furan rings is 1. The van der Waals surface area contributed by atoms with Crippen LogP contribution in [0.4, 0.5) is 0 Å². The van der Waals surface area contributed by atoms with Crippen LogP contribution in [-0.2, 0) is 0 Å². The van der Waals surface area contributed by atoms with E-state index in [9.17, 15) is 8.22 Å². The van der Waals surface area contributed by atoms with E-state index in [-0.39, 0.29) is 68.5 Å². The van der Waals surface area contributed by atoms with E-state index in [0.717, 1.165) is 0 Å².